The fourth-order valence-corrected chi connectivity index (χ4v) is 4.07. The molecule has 6 nitrogen and oxygen atoms in total. The molecule has 0 spiro atoms. The van der Waals surface area contributed by atoms with Crippen LogP contribution in [0.5, 0.6) is 11.6 Å². The van der Waals surface area contributed by atoms with Gasteiger partial charge in [-0.25, -0.2) is 9.78 Å². The first kappa shape index (κ1) is 25.5. The van der Waals surface area contributed by atoms with Gasteiger partial charge in [0.05, 0.1) is 6.54 Å². The number of nitrogens with zero attached hydrogens (tertiary/aromatic N) is 1. The highest BCUT2D eigenvalue weighted by Crippen LogP contribution is 2.35. The van der Waals surface area contributed by atoms with Crippen molar-refractivity contribution in [1.29, 1.82) is 0 Å². The number of rotatable bonds is 11. The molecular weight excluding hydrogens is 464 g/mol. The van der Waals surface area contributed by atoms with Crippen molar-refractivity contribution in [2.75, 3.05) is 13.2 Å². The van der Waals surface area contributed by atoms with Crippen molar-refractivity contribution in [2.24, 2.45) is 0 Å². The molecule has 4 aromatic rings. The van der Waals surface area contributed by atoms with E-state index in [9.17, 15) is 4.79 Å². The average Bonchev–Trinajstić information content (AvgIpc) is 2.95. The van der Waals surface area contributed by atoms with Crippen LogP contribution in [0.1, 0.15) is 35.6 Å². The highest BCUT2D eigenvalue weighted by molar-refractivity contribution is 5.98. The second-order valence-electron chi connectivity index (χ2n) is 8.34. The molecule has 0 aliphatic carbocycles. The summed E-state index contributed by atoms with van der Waals surface area (Å²) in [7, 11) is 0. The minimum atomic E-state index is -1.08. The monoisotopic (exact) mass is 494 g/mol. The fourth-order valence-electron chi connectivity index (χ4n) is 4.07. The molecule has 0 fully saturated rings. The van der Waals surface area contributed by atoms with Crippen molar-refractivity contribution in [3.8, 4) is 11.6 Å². The predicted molar refractivity (Wildman–Crippen MR) is 146 cm³/mol. The third kappa shape index (κ3) is 7.21. The Bertz CT molecular complexity index is 1300. The van der Waals surface area contributed by atoms with Gasteiger partial charge in [-0.05, 0) is 52.5 Å². The maximum Gasteiger partial charge on any atom is 0.404 e. The molecule has 0 aliphatic rings. The molecule has 0 saturated carbocycles. The molecule has 1 aromatic heterocycles. The Balaban J connectivity index is 1.60. The summed E-state index contributed by atoms with van der Waals surface area (Å²) in [6.45, 7) is 3.06. The highest BCUT2D eigenvalue weighted by atomic mass is 16.5. The molecule has 0 radical (unpaired) electrons. The summed E-state index contributed by atoms with van der Waals surface area (Å²) in [6.07, 6.45) is 1.56. The lowest BCUT2D eigenvalue weighted by Crippen LogP contribution is -2.26. The lowest BCUT2D eigenvalue weighted by atomic mass is 9.89. The molecule has 3 aromatic carbocycles. The molecular formula is C31H30N2O4. The van der Waals surface area contributed by atoms with Crippen LogP contribution in [-0.2, 0) is 6.61 Å². The number of ether oxygens (including phenoxy) is 2. The van der Waals surface area contributed by atoms with Crippen LogP contribution in [0.25, 0.3) is 11.1 Å². The Labute approximate surface area is 217 Å². The van der Waals surface area contributed by atoms with E-state index < -0.39 is 6.09 Å². The first-order chi connectivity index (χ1) is 18.1. The van der Waals surface area contributed by atoms with E-state index in [4.69, 9.17) is 14.6 Å². The summed E-state index contributed by atoms with van der Waals surface area (Å²) in [6, 6.07) is 32.4. The van der Waals surface area contributed by atoms with Gasteiger partial charge in [0.15, 0.2) is 0 Å². The summed E-state index contributed by atoms with van der Waals surface area (Å²) in [5.74, 6) is 1.25. The van der Waals surface area contributed by atoms with E-state index in [1.807, 2.05) is 72.8 Å². The van der Waals surface area contributed by atoms with Crippen molar-refractivity contribution in [3.63, 3.8) is 0 Å². The number of benzene rings is 3. The van der Waals surface area contributed by atoms with E-state index in [2.05, 4.69) is 41.5 Å². The van der Waals surface area contributed by atoms with Gasteiger partial charge in [0.1, 0.15) is 19.0 Å². The van der Waals surface area contributed by atoms with Gasteiger partial charge in [0.2, 0.25) is 5.88 Å². The van der Waals surface area contributed by atoms with E-state index in [1.165, 1.54) is 5.57 Å². The Morgan fingerprint density at radius 1 is 0.811 bits per heavy atom. The van der Waals surface area contributed by atoms with Crippen molar-refractivity contribution >= 4 is 17.2 Å². The number of hydrogen-bond acceptors (Lipinski definition) is 4. The second kappa shape index (κ2) is 12.9. The van der Waals surface area contributed by atoms with Crippen LogP contribution in [0, 0.1) is 0 Å². The second-order valence-corrected chi connectivity index (χ2v) is 8.34. The number of carboxylic acid groups (broad SMARTS) is 1. The highest BCUT2D eigenvalue weighted by Gasteiger charge is 2.14. The van der Waals surface area contributed by atoms with Crippen LogP contribution < -0.4 is 14.8 Å². The van der Waals surface area contributed by atoms with Crippen LogP contribution in [-0.4, -0.2) is 29.3 Å². The van der Waals surface area contributed by atoms with Crippen molar-refractivity contribution in [1.82, 2.24) is 10.3 Å². The molecule has 0 atom stereocenters. The molecule has 188 valence electrons. The van der Waals surface area contributed by atoms with Gasteiger partial charge < -0.3 is 19.9 Å². The number of allylic oxidation sites excluding steroid dienone is 1. The Kier molecular flexibility index (Phi) is 8.92. The zero-order valence-corrected chi connectivity index (χ0v) is 20.8. The zero-order chi connectivity index (χ0) is 25.9. The Morgan fingerprint density at radius 2 is 1.49 bits per heavy atom. The molecule has 0 bridgehead atoms. The quantitative estimate of drug-likeness (QED) is 0.180. The molecule has 2 N–H and O–H groups in total. The smallest absolute Gasteiger partial charge is 0.404 e. The lowest BCUT2D eigenvalue weighted by molar-refractivity contribution is 0.190. The molecule has 0 saturated heterocycles. The van der Waals surface area contributed by atoms with Gasteiger partial charge in [-0.3, -0.25) is 0 Å². The van der Waals surface area contributed by atoms with Crippen LogP contribution in [0.4, 0.5) is 4.79 Å². The molecule has 1 heterocycles. The van der Waals surface area contributed by atoms with Gasteiger partial charge in [0.25, 0.3) is 0 Å². The first-order valence-electron chi connectivity index (χ1n) is 12.3. The summed E-state index contributed by atoms with van der Waals surface area (Å²) in [5.41, 5.74) is 6.61. The van der Waals surface area contributed by atoms with E-state index in [-0.39, 0.29) is 13.2 Å². The maximum atomic E-state index is 10.6. The largest absolute Gasteiger partial charge is 0.489 e. The average molecular weight is 495 g/mol. The third-order valence-electron chi connectivity index (χ3n) is 5.82. The summed E-state index contributed by atoms with van der Waals surface area (Å²) in [5, 5.41) is 11.0. The normalized spacial score (nSPS) is 11.4. The predicted octanol–water partition coefficient (Wildman–Crippen LogP) is 6.68. The maximum absolute atomic E-state index is 10.6. The van der Waals surface area contributed by atoms with Crippen LogP contribution in [0.2, 0.25) is 0 Å². The van der Waals surface area contributed by atoms with Crippen molar-refractivity contribution < 1.29 is 19.4 Å². The van der Waals surface area contributed by atoms with E-state index in [0.29, 0.717) is 12.5 Å². The summed E-state index contributed by atoms with van der Waals surface area (Å²) < 4.78 is 11.6. The summed E-state index contributed by atoms with van der Waals surface area (Å²) in [4.78, 5) is 15.1. The van der Waals surface area contributed by atoms with E-state index in [1.54, 1.807) is 6.20 Å². The number of carbonyl (C=O) groups is 1. The van der Waals surface area contributed by atoms with Gasteiger partial charge in [0, 0.05) is 17.8 Å². The van der Waals surface area contributed by atoms with Gasteiger partial charge in [-0.2, -0.15) is 0 Å². The van der Waals surface area contributed by atoms with Crippen LogP contribution in [0.3, 0.4) is 0 Å². The third-order valence-corrected chi connectivity index (χ3v) is 5.82. The van der Waals surface area contributed by atoms with Crippen LogP contribution in [0.15, 0.2) is 103 Å². The van der Waals surface area contributed by atoms with E-state index >= 15 is 0 Å². The molecule has 37 heavy (non-hydrogen) atoms. The van der Waals surface area contributed by atoms with Gasteiger partial charge in [-0.15, -0.1) is 0 Å². The standard InChI is InChI=1S/C31H30N2O4/c1-2-28(24-11-7-4-8-12-24)30(26-15-18-29(33-21-26)36-20-19-32-31(34)35)25-13-16-27(17-14-25)37-22-23-9-5-3-6-10-23/h3-18,21,32H,2,19-20,22H2,1H3,(H,34,35)/b30-28-. The van der Waals surface area contributed by atoms with E-state index in [0.717, 1.165) is 40.0 Å². The fraction of sp³-hybridized carbons (Fsp3) is 0.161. The minimum absolute atomic E-state index is 0.191. The van der Waals surface area contributed by atoms with Crippen LogP contribution >= 0.6 is 0 Å². The molecule has 4 rings (SSSR count). The number of aromatic nitrogens is 1. The first-order valence-corrected chi connectivity index (χ1v) is 12.3. The minimum Gasteiger partial charge on any atom is -0.489 e. The Morgan fingerprint density at radius 3 is 2.11 bits per heavy atom. The number of amides is 1. The van der Waals surface area contributed by atoms with Crippen molar-refractivity contribution in [3.05, 3.63) is 126 Å². The lowest BCUT2D eigenvalue weighted by Gasteiger charge is -2.17. The molecule has 1 amide bonds. The van der Waals surface area contributed by atoms with Gasteiger partial charge >= 0.3 is 6.09 Å². The molecule has 6 heteroatoms. The molecule has 0 aliphatic heterocycles. The number of hydrogen-bond donors (Lipinski definition) is 2. The Hall–Kier alpha value is -4.58. The summed E-state index contributed by atoms with van der Waals surface area (Å²) >= 11 is 0. The number of nitrogens with one attached hydrogen (secondary N) is 1. The molecule has 0 unspecified atom stereocenters. The SMILES string of the molecule is CC/C(=C(\c1ccc(OCc2ccccc2)cc1)c1ccc(OCCNC(=O)O)nc1)c1ccccc1. The van der Waals surface area contributed by atoms with Crippen molar-refractivity contribution in [2.45, 2.75) is 20.0 Å². The topological polar surface area (TPSA) is 80.7 Å². The zero-order valence-electron chi connectivity index (χ0n) is 20.8. The van der Waals surface area contributed by atoms with Gasteiger partial charge in [-0.1, -0.05) is 79.7 Å². The number of pyridine rings is 1.